The zero-order valence-corrected chi connectivity index (χ0v) is 18.4. The fraction of sp³-hybridized carbons (Fsp3) is 0.500. The number of nitrogens with two attached hydrogens (primary N) is 1. The topological polar surface area (TPSA) is 80.5 Å². The van der Waals surface area contributed by atoms with Crippen LogP contribution >= 0.6 is 0 Å². The van der Waals surface area contributed by atoms with E-state index in [1.54, 1.807) is 0 Å². The van der Waals surface area contributed by atoms with E-state index < -0.39 is 5.60 Å². The standard InChI is InChI=1S/C24H34N4O2/c1-24(2,3)30-23(29)27-14-15-28(17-19-11-9-18(16-25)10-12-19)21-8-4-6-20-7-5-13-26-22(20)21/h5,7,9-13,21H,4,6,8,14-17,25H2,1-3H3,(H,27,29). The minimum atomic E-state index is -0.499. The SMILES string of the molecule is CC(C)(C)OC(=O)NCCN(Cc1ccc(CN)cc1)C1CCCc2cccnc21. The van der Waals surface area contributed by atoms with Gasteiger partial charge in [0, 0.05) is 32.4 Å². The Balaban J connectivity index is 1.72. The summed E-state index contributed by atoms with van der Waals surface area (Å²) in [6.45, 7) is 8.19. The number of nitrogens with one attached hydrogen (secondary N) is 1. The van der Waals surface area contributed by atoms with Crippen LogP contribution in [0.5, 0.6) is 0 Å². The van der Waals surface area contributed by atoms with Gasteiger partial charge in [-0.1, -0.05) is 30.3 Å². The van der Waals surface area contributed by atoms with Crippen LogP contribution in [0.25, 0.3) is 0 Å². The van der Waals surface area contributed by atoms with Crippen molar-refractivity contribution in [1.82, 2.24) is 15.2 Å². The maximum absolute atomic E-state index is 12.1. The summed E-state index contributed by atoms with van der Waals surface area (Å²) < 4.78 is 5.37. The van der Waals surface area contributed by atoms with Crippen LogP contribution in [0.1, 0.15) is 62.0 Å². The number of aryl methyl sites for hydroxylation is 1. The van der Waals surface area contributed by atoms with Crippen LogP contribution in [-0.4, -0.2) is 34.7 Å². The van der Waals surface area contributed by atoms with E-state index in [2.05, 4.69) is 40.5 Å². The quantitative estimate of drug-likeness (QED) is 0.723. The minimum Gasteiger partial charge on any atom is -0.444 e. The molecule has 0 saturated carbocycles. The maximum atomic E-state index is 12.1. The van der Waals surface area contributed by atoms with Crippen LogP contribution in [0.4, 0.5) is 4.79 Å². The van der Waals surface area contributed by atoms with Crippen molar-refractivity contribution in [3.63, 3.8) is 0 Å². The molecule has 0 bridgehead atoms. The number of carbonyl (C=O) groups is 1. The van der Waals surface area contributed by atoms with Crippen molar-refractivity contribution in [2.75, 3.05) is 13.1 Å². The van der Waals surface area contributed by atoms with Crippen LogP contribution in [0.15, 0.2) is 42.6 Å². The first-order valence-corrected chi connectivity index (χ1v) is 10.8. The third-order valence-corrected chi connectivity index (χ3v) is 5.32. The largest absolute Gasteiger partial charge is 0.444 e. The predicted octanol–water partition coefficient (Wildman–Crippen LogP) is 3.94. The first-order chi connectivity index (χ1) is 14.4. The molecule has 0 fully saturated rings. The second-order valence-corrected chi connectivity index (χ2v) is 8.88. The summed E-state index contributed by atoms with van der Waals surface area (Å²) in [7, 11) is 0. The average Bonchev–Trinajstić information content (AvgIpc) is 2.72. The van der Waals surface area contributed by atoms with E-state index in [1.165, 1.54) is 16.8 Å². The van der Waals surface area contributed by atoms with Gasteiger partial charge in [-0.25, -0.2) is 4.79 Å². The average molecular weight is 411 g/mol. The second-order valence-electron chi connectivity index (χ2n) is 8.88. The van der Waals surface area contributed by atoms with Crippen molar-refractivity contribution in [3.8, 4) is 0 Å². The Hall–Kier alpha value is -2.44. The molecule has 162 valence electrons. The van der Waals surface area contributed by atoms with E-state index in [1.807, 2.05) is 33.0 Å². The number of pyridine rings is 1. The van der Waals surface area contributed by atoms with E-state index in [0.29, 0.717) is 13.1 Å². The van der Waals surface area contributed by atoms with Gasteiger partial charge in [0.25, 0.3) is 0 Å². The molecule has 30 heavy (non-hydrogen) atoms. The van der Waals surface area contributed by atoms with Crippen LogP contribution in [0.2, 0.25) is 0 Å². The number of amides is 1. The van der Waals surface area contributed by atoms with Crippen molar-refractivity contribution < 1.29 is 9.53 Å². The molecular formula is C24H34N4O2. The van der Waals surface area contributed by atoms with Gasteiger partial charge in [-0.15, -0.1) is 0 Å². The molecule has 2 aromatic rings. The van der Waals surface area contributed by atoms with Gasteiger partial charge in [0.1, 0.15) is 5.60 Å². The molecule has 1 unspecified atom stereocenters. The number of fused-ring (bicyclic) bond motifs is 1. The summed E-state index contributed by atoms with van der Waals surface area (Å²) in [6.07, 6.45) is 4.79. The molecule has 3 N–H and O–H groups in total. The predicted molar refractivity (Wildman–Crippen MR) is 119 cm³/mol. The first kappa shape index (κ1) is 22.2. The number of nitrogens with zero attached hydrogens (tertiary/aromatic N) is 2. The number of alkyl carbamates (subject to hydrolysis) is 1. The Morgan fingerprint density at radius 3 is 2.67 bits per heavy atom. The summed E-state index contributed by atoms with van der Waals surface area (Å²) in [6, 6.07) is 12.9. The van der Waals surface area contributed by atoms with Crippen molar-refractivity contribution >= 4 is 6.09 Å². The highest BCUT2D eigenvalue weighted by Gasteiger charge is 2.27. The number of hydrogen-bond acceptors (Lipinski definition) is 5. The summed E-state index contributed by atoms with van der Waals surface area (Å²) >= 11 is 0. The fourth-order valence-corrected chi connectivity index (χ4v) is 3.92. The molecule has 1 aromatic carbocycles. The zero-order valence-electron chi connectivity index (χ0n) is 18.4. The molecule has 1 aliphatic rings. The highest BCUT2D eigenvalue weighted by atomic mass is 16.6. The Bertz CT molecular complexity index is 830. The zero-order chi connectivity index (χ0) is 21.6. The molecule has 6 heteroatoms. The Morgan fingerprint density at radius 2 is 1.97 bits per heavy atom. The number of benzene rings is 1. The van der Waals surface area contributed by atoms with Gasteiger partial charge >= 0.3 is 6.09 Å². The molecule has 1 aromatic heterocycles. The van der Waals surface area contributed by atoms with Gasteiger partial charge in [-0.05, 0) is 62.8 Å². The minimum absolute atomic E-state index is 0.240. The number of rotatable bonds is 7. The number of carbonyl (C=O) groups excluding carboxylic acids is 1. The van der Waals surface area contributed by atoms with E-state index in [4.69, 9.17) is 15.5 Å². The fourth-order valence-electron chi connectivity index (χ4n) is 3.92. The lowest BCUT2D eigenvalue weighted by atomic mass is 9.90. The molecule has 1 atom stereocenters. The lowest BCUT2D eigenvalue weighted by molar-refractivity contribution is 0.0515. The molecular weight excluding hydrogens is 376 g/mol. The van der Waals surface area contributed by atoms with Gasteiger partial charge in [0.15, 0.2) is 0 Å². The van der Waals surface area contributed by atoms with Crippen molar-refractivity contribution in [2.24, 2.45) is 5.73 Å². The van der Waals surface area contributed by atoms with E-state index >= 15 is 0 Å². The number of aromatic nitrogens is 1. The van der Waals surface area contributed by atoms with Crippen molar-refractivity contribution in [3.05, 3.63) is 65.0 Å². The van der Waals surface area contributed by atoms with Gasteiger partial charge in [-0.2, -0.15) is 0 Å². The third kappa shape index (κ3) is 6.28. The lowest BCUT2D eigenvalue weighted by Gasteiger charge is -2.35. The third-order valence-electron chi connectivity index (χ3n) is 5.32. The van der Waals surface area contributed by atoms with Gasteiger partial charge < -0.3 is 15.8 Å². The van der Waals surface area contributed by atoms with E-state index in [-0.39, 0.29) is 12.1 Å². The lowest BCUT2D eigenvalue weighted by Crippen LogP contribution is -2.40. The van der Waals surface area contributed by atoms with Crippen LogP contribution < -0.4 is 11.1 Å². The number of ether oxygens (including phenoxy) is 1. The van der Waals surface area contributed by atoms with Crippen molar-refractivity contribution in [1.29, 1.82) is 0 Å². The summed E-state index contributed by atoms with van der Waals surface area (Å²) in [5.74, 6) is 0. The highest BCUT2D eigenvalue weighted by molar-refractivity contribution is 5.67. The number of hydrogen-bond donors (Lipinski definition) is 2. The monoisotopic (exact) mass is 410 g/mol. The van der Waals surface area contributed by atoms with Gasteiger partial charge in [-0.3, -0.25) is 9.88 Å². The molecule has 1 heterocycles. The van der Waals surface area contributed by atoms with Crippen LogP contribution in [0.3, 0.4) is 0 Å². The van der Waals surface area contributed by atoms with Crippen LogP contribution in [-0.2, 0) is 24.2 Å². The summed E-state index contributed by atoms with van der Waals surface area (Å²) in [5, 5.41) is 2.90. The Morgan fingerprint density at radius 1 is 1.23 bits per heavy atom. The van der Waals surface area contributed by atoms with Gasteiger partial charge in [0.05, 0.1) is 11.7 Å². The molecule has 6 nitrogen and oxygen atoms in total. The summed E-state index contributed by atoms with van der Waals surface area (Å²) in [4.78, 5) is 19.2. The second kappa shape index (κ2) is 10.0. The smallest absolute Gasteiger partial charge is 0.407 e. The first-order valence-electron chi connectivity index (χ1n) is 10.8. The maximum Gasteiger partial charge on any atom is 0.407 e. The molecule has 1 aliphatic carbocycles. The molecule has 0 spiro atoms. The molecule has 1 amide bonds. The van der Waals surface area contributed by atoms with E-state index in [9.17, 15) is 4.79 Å². The summed E-state index contributed by atoms with van der Waals surface area (Å²) in [5.41, 5.74) is 10.1. The van der Waals surface area contributed by atoms with E-state index in [0.717, 1.165) is 37.9 Å². The normalized spacial score (nSPS) is 16.2. The van der Waals surface area contributed by atoms with Gasteiger partial charge in [0.2, 0.25) is 0 Å². The molecule has 3 rings (SSSR count). The molecule has 0 aliphatic heterocycles. The van der Waals surface area contributed by atoms with Crippen LogP contribution in [0, 0.1) is 0 Å². The molecule has 0 radical (unpaired) electrons. The highest BCUT2D eigenvalue weighted by Crippen LogP contribution is 2.33. The Labute approximate surface area is 179 Å². The van der Waals surface area contributed by atoms with Crippen molar-refractivity contribution in [2.45, 2.75) is 64.8 Å². The Kier molecular flexibility index (Phi) is 7.45. The molecule has 0 saturated heterocycles.